The van der Waals surface area contributed by atoms with E-state index in [0.717, 1.165) is 27.8 Å². The number of carbonyl (C=O) groups excluding carboxylic acids is 2. The minimum atomic E-state index is -0.125. The standard InChI is InChI=1S/C29H33N3O4S/c1-35-17-6-15-32(29(34)27-9-5-18-37-27)21-28(33)31(20-22-10-12-24(36-2)13-11-22)16-14-23-19-30-26-8-4-3-7-25(23)26/h3-5,7-13,18-19,30H,6,14-17,20-21H2,1-2H3. The van der Waals surface area contributed by atoms with Crippen LogP contribution in [0.2, 0.25) is 0 Å². The van der Waals surface area contributed by atoms with Gasteiger partial charge in [-0.2, -0.15) is 0 Å². The van der Waals surface area contributed by atoms with Gasteiger partial charge in [0.05, 0.1) is 12.0 Å². The maximum Gasteiger partial charge on any atom is 0.264 e. The number of nitrogens with one attached hydrogen (secondary N) is 1. The van der Waals surface area contributed by atoms with Gasteiger partial charge in [0.15, 0.2) is 0 Å². The van der Waals surface area contributed by atoms with Gasteiger partial charge in [-0.1, -0.05) is 36.4 Å². The van der Waals surface area contributed by atoms with Gasteiger partial charge in [0.1, 0.15) is 12.3 Å². The zero-order valence-corrected chi connectivity index (χ0v) is 22.1. The van der Waals surface area contributed by atoms with Gasteiger partial charge in [-0.25, -0.2) is 0 Å². The van der Waals surface area contributed by atoms with Crippen molar-refractivity contribution in [3.63, 3.8) is 0 Å². The zero-order chi connectivity index (χ0) is 26.0. The lowest BCUT2D eigenvalue weighted by Crippen LogP contribution is -2.43. The summed E-state index contributed by atoms with van der Waals surface area (Å²) in [6, 6.07) is 19.6. The normalized spacial score (nSPS) is 11.0. The van der Waals surface area contributed by atoms with Crippen LogP contribution >= 0.6 is 11.3 Å². The Kier molecular flexibility index (Phi) is 9.35. The van der Waals surface area contributed by atoms with Crippen LogP contribution in [0.3, 0.4) is 0 Å². The highest BCUT2D eigenvalue weighted by atomic mass is 32.1. The Morgan fingerprint density at radius 2 is 1.76 bits per heavy atom. The largest absolute Gasteiger partial charge is 0.497 e. The van der Waals surface area contributed by atoms with Gasteiger partial charge in [0.2, 0.25) is 5.91 Å². The summed E-state index contributed by atoms with van der Waals surface area (Å²) in [5.41, 5.74) is 3.25. The molecule has 0 aliphatic rings. The summed E-state index contributed by atoms with van der Waals surface area (Å²) in [6.07, 6.45) is 3.38. The van der Waals surface area contributed by atoms with Crippen LogP contribution in [0.4, 0.5) is 0 Å². The first-order chi connectivity index (χ1) is 18.1. The zero-order valence-electron chi connectivity index (χ0n) is 21.3. The van der Waals surface area contributed by atoms with E-state index in [1.807, 2.05) is 65.0 Å². The van der Waals surface area contributed by atoms with Crippen molar-refractivity contribution in [1.82, 2.24) is 14.8 Å². The van der Waals surface area contributed by atoms with Crippen molar-refractivity contribution >= 4 is 34.1 Å². The monoisotopic (exact) mass is 519 g/mol. The fourth-order valence-electron chi connectivity index (χ4n) is 4.31. The van der Waals surface area contributed by atoms with E-state index in [2.05, 4.69) is 11.1 Å². The predicted octanol–water partition coefficient (Wildman–Crippen LogP) is 4.99. The van der Waals surface area contributed by atoms with E-state index in [1.165, 1.54) is 11.3 Å². The lowest BCUT2D eigenvalue weighted by atomic mass is 10.1. The Labute approximate surface area is 221 Å². The third kappa shape index (κ3) is 6.99. The number of rotatable bonds is 13. The molecule has 37 heavy (non-hydrogen) atoms. The first-order valence-corrected chi connectivity index (χ1v) is 13.2. The maximum atomic E-state index is 13.7. The molecule has 0 atom stereocenters. The number of H-pyrrole nitrogens is 1. The third-order valence-corrected chi connectivity index (χ3v) is 7.19. The van der Waals surface area contributed by atoms with Crippen molar-refractivity contribution in [1.29, 1.82) is 0 Å². The maximum absolute atomic E-state index is 13.7. The van der Waals surface area contributed by atoms with Crippen molar-refractivity contribution in [3.8, 4) is 5.75 Å². The number of nitrogens with zero attached hydrogens (tertiary/aromatic N) is 2. The molecule has 0 fully saturated rings. The number of benzene rings is 2. The Morgan fingerprint density at radius 1 is 0.946 bits per heavy atom. The highest BCUT2D eigenvalue weighted by Gasteiger charge is 2.23. The highest BCUT2D eigenvalue weighted by molar-refractivity contribution is 7.12. The Bertz CT molecular complexity index is 1280. The Balaban J connectivity index is 1.52. The quantitative estimate of drug-likeness (QED) is 0.253. The van der Waals surface area contributed by atoms with E-state index < -0.39 is 0 Å². The van der Waals surface area contributed by atoms with E-state index >= 15 is 0 Å². The van der Waals surface area contributed by atoms with E-state index in [-0.39, 0.29) is 18.4 Å². The second-order valence-corrected chi connectivity index (χ2v) is 9.77. The molecule has 0 spiro atoms. The fourth-order valence-corrected chi connectivity index (χ4v) is 5.00. The average Bonchev–Trinajstić information content (AvgIpc) is 3.61. The topological polar surface area (TPSA) is 74.9 Å². The summed E-state index contributed by atoms with van der Waals surface area (Å²) in [7, 11) is 3.27. The van der Waals surface area contributed by atoms with Gasteiger partial charge in [0, 0.05) is 50.5 Å². The van der Waals surface area contributed by atoms with Gasteiger partial charge >= 0.3 is 0 Å². The van der Waals surface area contributed by atoms with E-state index in [9.17, 15) is 9.59 Å². The van der Waals surface area contributed by atoms with Gasteiger partial charge in [-0.05, 0) is 53.6 Å². The smallest absolute Gasteiger partial charge is 0.264 e. The van der Waals surface area contributed by atoms with Crippen LogP contribution in [-0.2, 0) is 22.5 Å². The average molecular weight is 520 g/mol. The lowest BCUT2D eigenvalue weighted by Gasteiger charge is -2.28. The molecule has 7 nitrogen and oxygen atoms in total. The number of methoxy groups -OCH3 is 2. The summed E-state index contributed by atoms with van der Waals surface area (Å²) in [5, 5.41) is 3.04. The molecular formula is C29H33N3O4S. The minimum absolute atomic E-state index is 0.0183. The molecule has 0 saturated heterocycles. The number of thiophene rings is 1. The van der Waals surface area contributed by atoms with E-state index in [1.54, 1.807) is 25.2 Å². The van der Waals surface area contributed by atoms with Gasteiger partial charge < -0.3 is 24.3 Å². The summed E-state index contributed by atoms with van der Waals surface area (Å²) in [6.45, 7) is 1.98. The molecule has 0 radical (unpaired) electrons. The van der Waals surface area contributed by atoms with Crippen molar-refractivity contribution < 1.29 is 19.1 Å². The molecule has 2 aromatic heterocycles. The molecule has 4 rings (SSSR count). The van der Waals surface area contributed by atoms with Gasteiger partial charge in [-0.15, -0.1) is 11.3 Å². The first-order valence-electron chi connectivity index (χ1n) is 12.4. The molecule has 0 aliphatic heterocycles. The summed E-state index contributed by atoms with van der Waals surface area (Å²) in [4.78, 5) is 34.3. The molecule has 2 amide bonds. The molecule has 0 bridgehead atoms. The molecule has 2 heterocycles. The second kappa shape index (κ2) is 13.1. The molecule has 0 unspecified atom stereocenters. The van der Waals surface area contributed by atoms with Crippen molar-refractivity contribution in [3.05, 3.63) is 88.2 Å². The SMILES string of the molecule is COCCCN(CC(=O)N(CCc1c[nH]c2ccccc12)Cc1ccc(OC)cc1)C(=O)c1cccs1. The summed E-state index contributed by atoms with van der Waals surface area (Å²) >= 11 is 1.39. The number of amides is 2. The third-order valence-electron chi connectivity index (χ3n) is 6.33. The van der Waals surface area contributed by atoms with Gasteiger partial charge in [0.25, 0.3) is 5.91 Å². The first kappa shape index (κ1) is 26.4. The van der Waals surface area contributed by atoms with E-state index in [0.29, 0.717) is 44.0 Å². The number of aromatic amines is 1. The molecule has 194 valence electrons. The Morgan fingerprint density at radius 3 is 2.49 bits per heavy atom. The molecule has 1 N–H and O–H groups in total. The molecule has 0 aliphatic carbocycles. The van der Waals surface area contributed by atoms with Crippen LogP contribution in [0, 0.1) is 0 Å². The fraction of sp³-hybridized carbons (Fsp3) is 0.310. The number of fused-ring (bicyclic) bond motifs is 1. The number of ether oxygens (including phenoxy) is 2. The number of hydrogen-bond donors (Lipinski definition) is 1. The highest BCUT2D eigenvalue weighted by Crippen LogP contribution is 2.20. The van der Waals surface area contributed by atoms with Crippen LogP contribution in [0.1, 0.15) is 27.2 Å². The molecular weight excluding hydrogens is 486 g/mol. The summed E-state index contributed by atoms with van der Waals surface area (Å²) in [5.74, 6) is 0.560. The van der Waals surface area contributed by atoms with E-state index in [4.69, 9.17) is 9.47 Å². The van der Waals surface area contributed by atoms with Crippen molar-refractivity contribution in [2.45, 2.75) is 19.4 Å². The number of hydrogen-bond acceptors (Lipinski definition) is 5. The van der Waals surface area contributed by atoms with Crippen LogP contribution < -0.4 is 4.74 Å². The molecule has 4 aromatic rings. The number of para-hydroxylation sites is 1. The van der Waals surface area contributed by atoms with Crippen molar-refractivity contribution in [2.24, 2.45) is 0 Å². The number of aromatic nitrogens is 1. The number of carbonyl (C=O) groups is 2. The van der Waals surface area contributed by atoms with Crippen LogP contribution in [0.25, 0.3) is 10.9 Å². The summed E-state index contributed by atoms with van der Waals surface area (Å²) < 4.78 is 10.5. The molecule has 8 heteroatoms. The molecule has 0 saturated carbocycles. The molecule has 2 aromatic carbocycles. The second-order valence-electron chi connectivity index (χ2n) is 8.82. The minimum Gasteiger partial charge on any atom is -0.497 e. The Hall–Kier alpha value is -3.62. The lowest BCUT2D eigenvalue weighted by molar-refractivity contribution is -0.132. The van der Waals surface area contributed by atoms with Gasteiger partial charge in [-0.3, -0.25) is 9.59 Å². The predicted molar refractivity (Wildman–Crippen MR) is 147 cm³/mol. The van der Waals surface area contributed by atoms with Crippen molar-refractivity contribution in [2.75, 3.05) is 40.5 Å². The van der Waals surface area contributed by atoms with Crippen LogP contribution in [0.15, 0.2) is 72.2 Å². The van der Waals surface area contributed by atoms with Crippen LogP contribution in [-0.4, -0.2) is 67.1 Å². The van der Waals surface area contributed by atoms with Crippen LogP contribution in [0.5, 0.6) is 5.75 Å².